The van der Waals surface area contributed by atoms with Crippen LogP contribution in [0.15, 0.2) is 67.3 Å². The second-order valence-electron chi connectivity index (χ2n) is 12.5. The molecule has 0 spiro atoms. The molecule has 0 unspecified atom stereocenters. The minimum absolute atomic E-state index is 0.0124. The number of likely N-dealkylation sites (tertiary alicyclic amines) is 1. The summed E-state index contributed by atoms with van der Waals surface area (Å²) in [7, 11) is 1.57. The van der Waals surface area contributed by atoms with Crippen molar-refractivity contribution in [2.24, 2.45) is 5.92 Å². The number of fused-ring (bicyclic) bond motifs is 1. The van der Waals surface area contributed by atoms with Gasteiger partial charge in [0.15, 0.2) is 0 Å². The Labute approximate surface area is 266 Å². The highest BCUT2D eigenvalue weighted by molar-refractivity contribution is 5.95. The zero-order valence-electron chi connectivity index (χ0n) is 26.2. The van der Waals surface area contributed by atoms with Crippen LogP contribution >= 0.6 is 0 Å². The first-order valence-corrected chi connectivity index (χ1v) is 15.0. The number of aliphatic carboxylic acids is 1. The molecule has 1 saturated heterocycles. The van der Waals surface area contributed by atoms with E-state index in [0.29, 0.717) is 28.1 Å². The first kappa shape index (κ1) is 32.3. The lowest BCUT2D eigenvalue weighted by atomic mass is 10.1. The van der Waals surface area contributed by atoms with Crippen LogP contribution in [0.2, 0.25) is 0 Å². The summed E-state index contributed by atoms with van der Waals surface area (Å²) in [5, 5.41) is 15.7. The third kappa shape index (κ3) is 6.90. The van der Waals surface area contributed by atoms with Crippen molar-refractivity contribution in [3.8, 4) is 22.8 Å². The molecule has 12 heteroatoms. The van der Waals surface area contributed by atoms with Gasteiger partial charge in [-0.1, -0.05) is 36.4 Å². The van der Waals surface area contributed by atoms with Gasteiger partial charge in [0.05, 0.1) is 24.9 Å². The number of nitrogens with zero attached hydrogens (tertiary/aromatic N) is 2. The number of amides is 3. The Morgan fingerprint density at radius 3 is 2.50 bits per heavy atom. The van der Waals surface area contributed by atoms with E-state index in [-0.39, 0.29) is 19.4 Å². The van der Waals surface area contributed by atoms with Crippen LogP contribution in [-0.4, -0.2) is 82.4 Å². The summed E-state index contributed by atoms with van der Waals surface area (Å²) in [6.07, 6.45) is 0.355. The van der Waals surface area contributed by atoms with Crippen LogP contribution in [0.3, 0.4) is 0 Å². The Kier molecular flexibility index (Phi) is 8.91. The first-order valence-electron chi connectivity index (χ1n) is 15.0. The number of aromatic nitrogens is 1. The van der Waals surface area contributed by atoms with E-state index < -0.39 is 59.6 Å². The summed E-state index contributed by atoms with van der Waals surface area (Å²) < 4.78 is 17.2. The molecule has 5 rings (SSSR count). The highest BCUT2D eigenvalue weighted by atomic mass is 16.6. The van der Waals surface area contributed by atoms with Crippen LogP contribution in [0.4, 0.5) is 4.79 Å². The number of carboxylic acids is 1. The topological polar surface area (TPSA) is 156 Å². The third-order valence-electron chi connectivity index (χ3n) is 8.04. The van der Waals surface area contributed by atoms with Crippen molar-refractivity contribution >= 4 is 34.8 Å². The number of rotatable bonds is 10. The van der Waals surface area contributed by atoms with Crippen LogP contribution in [0.1, 0.15) is 33.6 Å². The average molecular weight is 631 g/mol. The van der Waals surface area contributed by atoms with Crippen LogP contribution < -0.4 is 20.1 Å². The highest BCUT2D eigenvalue weighted by Crippen LogP contribution is 2.45. The van der Waals surface area contributed by atoms with Gasteiger partial charge in [0.2, 0.25) is 11.8 Å². The minimum Gasteiger partial charge on any atom is -0.497 e. The predicted molar refractivity (Wildman–Crippen MR) is 169 cm³/mol. The van der Waals surface area contributed by atoms with Gasteiger partial charge in [-0.2, -0.15) is 0 Å². The Morgan fingerprint density at radius 1 is 1.13 bits per heavy atom. The van der Waals surface area contributed by atoms with Gasteiger partial charge >= 0.3 is 12.1 Å². The van der Waals surface area contributed by atoms with Crippen molar-refractivity contribution < 1.29 is 38.5 Å². The van der Waals surface area contributed by atoms with Crippen LogP contribution in [0.25, 0.3) is 22.2 Å². The SMILES string of the molecule is C=C[C@@H]1C[C@]1(NC(=O)[C@@H]1C[C@@H](Oc2cc(-c3ccccc3)nc3cc(OC)ccc23)CN1C(=O)CNC(=O)OC(C)(C)C)C(=O)O. The molecule has 3 aromatic rings. The smallest absolute Gasteiger partial charge is 0.408 e. The lowest BCUT2D eigenvalue weighted by Crippen LogP contribution is -2.54. The van der Waals surface area contributed by atoms with Gasteiger partial charge in [0, 0.05) is 35.4 Å². The summed E-state index contributed by atoms with van der Waals surface area (Å²) in [6.45, 7) is 8.36. The average Bonchev–Trinajstić information content (AvgIpc) is 3.58. The van der Waals surface area contributed by atoms with Gasteiger partial charge in [-0.25, -0.2) is 14.6 Å². The number of hydrogen-bond acceptors (Lipinski definition) is 8. The van der Waals surface area contributed by atoms with Gasteiger partial charge in [-0.3, -0.25) is 9.59 Å². The van der Waals surface area contributed by atoms with Crippen LogP contribution in [0.5, 0.6) is 11.5 Å². The molecule has 0 radical (unpaired) electrons. The minimum atomic E-state index is -1.48. The monoisotopic (exact) mass is 630 g/mol. The predicted octanol–water partition coefficient (Wildman–Crippen LogP) is 3.93. The standard InChI is InChI=1S/C34H38N4O8/c1-6-21-17-34(21,31(41)42)37-30(40)27-15-23(19-38(27)29(39)18-35-32(43)46-33(2,3)4)45-28-16-25(20-10-8-7-9-11-20)36-26-14-22(44-5)12-13-24(26)28/h6-14,16,21,23,27H,1,15,17-19H2,2-5H3,(H,35,43)(H,37,40)(H,41,42)/t21-,23-,27+,34-/m1/s1. The van der Waals surface area contributed by atoms with Crippen molar-refractivity contribution in [2.45, 2.75) is 56.9 Å². The van der Waals surface area contributed by atoms with E-state index >= 15 is 0 Å². The first-order chi connectivity index (χ1) is 21.8. The van der Waals surface area contributed by atoms with E-state index in [4.69, 9.17) is 19.2 Å². The zero-order valence-corrected chi connectivity index (χ0v) is 26.2. The molecule has 3 amide bonds. The fraction of sp³-hybridized carbons (Fsp3) is 0.382. The van der Waals surface area contributed by atoms with Crippen molar-refractivity contribution in [3.05, 3.63) is 67.3 Å². The van der Waals surface area contributed by atoms with Crippen molar-refractivity contribution in [1.29, 1.82) is 0 Å². The van der Waals surface area contributed by atoms with Gasteiger partial charge in [0.25, 0.3) is 0 Å². The maximum absolute atomic E-state index is 13.6. The number of methoxy groups -OCH3 is 1. The van der Waals surface area contributed by atoms with Gasteiger partial charge in [0.1, 0.15) is 41.3 Å². The summed E-state index contributed by atoms with van der Waals surface area (Å²) in [4.78, 5) is 57.6. The van der Waals surface area contributed by atoms with E-state index in [1.165, 1.54) is 11.0 Å². The molecule has 1 aliphatic heterocycles. The van der Waals surface area contributed by atoms with Crippen molar-refractivity contribution in [1.82, 2.24) is 20.5 Å². The molecule has 2 aromatic carbocycles. The fourth-order valence-corrected chi connectivity index (χ4v) is 5.63. The molecule has 1 aliphatic carbocycles. The van der Waals surface area contributed by atoms with Crippen LogP contribution in [-0.2, 0) is 19.1 Å². The second-order valence-corrected chi connectivity index (χ2v) is 12.5. The quantitative estimate of drug-likeness (QED) is 0.283. The maximum Gasteiger partial charge on any atom is 0.408 e. The van der Waals surface area contributed by atoms with Gasteiger partial charge < -0.3 is 34.9 Å². The summed E-state index contributed by atoms with van der Waals surface area (Å²) >= 11 is 0. The van der Waals surface area contributed by atoms with E-state index in [2.05, 4.69) is 17.2 Å². The maximum atomic E-state index is 13.6. The number of ether oxygens (including phenoxy) is 3. The summed E-state index contributed by atoms with van der Waals surface area (Å²) in [5.41, 5.74) is -0.0942. The molecular weight excluding hydrogens is 592 g/mol. The number of carboxylic acid groups (broad SMARTS) is 1. The Balaban J connectivity index is 1.43. The molecule has 3 N–H and O–H groups in total. The largest absolute Gasteiger partial charge is 0.497 e. The second kappa shape index (κ2) is 12.7. The molecule has 1 aromatic heterocycles. The number of nitrogens with one attached hydrogen (secondary N) is 2. The van der Waals surface area contributed by atoms with Crippen LogP contribution in [0, 0.1) is 5.92 Å². The van der Waals surface area contributed by atoms with E-state index in [1.807, 2.05) is 42.5 Å². The molecule has 242 valence electrons. The Bertz CT molecular complexity index is 1670. The molecule has 12 nitrogen and oxygen atoms in total. The Morgan fingerprint density at radius 2 is 1.87 bits per heavy atom. The van der Waals surface area contributed by atoms with Gasteiger partial charge in [-0.15, -0.1) is 6.58 Å². The van der Waals surface area contributed by atoms with E-state index in [1.54, 1.807) is 40.0 Å². The molecule has 4 atom stereocenters. The third-order valence-corrected chi connectivity index (χ3v) is 8.04. The summed E-state index contributed by atoms with van der Waals surface area (Å²) in [6, 6.07) is 15.8. The fourth-order valence-electron chi connectivity index (χ4n) is 5.63. The Hall–Kier alpha value is -5.13. The number of pyridine rings is 1. The van der Waals surface area contributed by atoms with Gasteiger partial charge in [-0.05, 0) is 39.3 Å². The number of benzene rings is 2. The molecule has 0 bridgehead atoms. The van der Waals surface area contributed by atoms with E-state index in [0.717, 1.165) is 5.56 Å². The summed E-state index contributed by atoms with van der Waals surface area (Å²) in [5.74, 6) is -1.67. The number of carbonyl (C=O) groups is 4. The molecule has 46 heavy (non-hydrogen) atoms. The molecule has 2 fully saturated rings. The molecule has 2 heterocycles. The normalized spacial score (nSPS) is 22.1. The number of hydrogen-bond donors (Lipinski definition) is 3. The molecule has 1 saturated carbocycles. The zero-order chi connectivity index (χ0) is 33.2. The highest BCUT2D eigenvalue weighted by Gasteiger charge is 2.61. The molecule has 2 aliphatic rings. The lowest BCUT2D eigenvalue weighted by Gasteiger charge is -2.26. The molecular formula is C34H38N4O8. The number of carbonyl (C=O) groups excluding carboxylic acids is 3. The van der Waals surface area contributed by atoms with Crippen molar-refractivity contribution in [2.75, 3.05) is 20.2 Å². The number of alkyl carbamates (subject to hydrolysis) is 1. The van der Waals surface area contributed by atoms with Crippen molar-refractivity contribution in [3.63, 3.8) is 0 Å². The lowest BCUT2D eigenvalue weighted by molar-refractivity contribution is -0.145. The van der Waals surface area contributed by atoms with E-state index in [9.17, 15) is 24.3 Å².